The number of carbonyl (C=O) groups excluding carboxylic acids is 1. The predicted molar refractivity (Wildman–Crippen MR) is 170 cm³/mol. The molecule has 5 heterocycles. The summed E-state index contributed by atoms with van der Waals surface area (Å²) >= 11 is 0. The standard InChI is InChI=1S/C34H36N4O7/c1-6-18-15(3)23-11-24-16(4)20(8-9-29(40)41)32(37-24)21(10-30(42)43)33-31(34(44)45)17(5)25(38-33)12-27-19(7-2)22(14-39)28(36-27)13-26(18)35-23/h6,11-14,16,20,35-38H,1,7-10H2,2-5H3,(H,40,41)(H,42,43)(H,44,45)/t16-,20-/m0/s1. The second-order valence-electron chi connectivity index (χ2n) is 11.5. The molecule has 11 heteroatoms. The molecular formula is C34H36N4O7. The molecule has 1 saturated heterocycles. The van der Waals surface area contributed by atoms with Gasteiger partial charge in [-0.05, 0) is 61.6 Å². The van der Waals surface area contributed by atoms with E-state index in [4.69, 9.17) is 0 Å². The summed E-state index contributed by atoms with van der Waals surface area (Å²) in [7, 11) is 0. The predicted octanol–water partition coefficient (Wildman–Crippen LogP) is 3.92. The Labute approximate surface area is 258 Å². The molecule has 7 N–H and O–H groups in total. The summed E-state index contributed by atoms with van der Waals surface area (Å²) in [6.45, 7) is 11.4. The van der Waals surface area contributed by atoms with Crippen molar-refractivity contribution in [2.45, 2.75) is 53.4 Å². The first-order valence-electron chi connectivity index (χ1n) is 14.8. The number of H-pyrrole nitrogens is 3. The van der Waals surface area contributed by atoms with Gasteiger partial charge < -0.3 is 35.6 Å². The second-order valence-corrected chi connectivity index (χ2v) is 11.5. The molecule has 45 heavy (non-hydrogen) atoms. The molecule has 2 aliphatic heterocycles. The van der Waals surface area contributed by atoms with Gasteiger partial charge in [-0.2, -0.15) is 0 Å². The van der Waals surface area contributed by atoms with Crippen LogP contribution >= 0.6 is 0 Å². The number of aliphatic carboxylic acids is 2. The highest BCUT2D eigenvalue weighted by Gasteiger charge is 2.37. The molecule has 5 rings (SSSR count). The fourth-order valence-electron chi connectivity index (χ4n) is 6.66. The average molecular weight is 613 g/mol. The maximum atomic E-state index is 12.7. The Hall–Kier alpha value is -5.32. The largest absolute Gasteiger partial charge is 0.481 e. The van der Waals surface area contributed by atoms with Gasteiger partial charge in [0.1, 0.15) is 0 Å². The lowest BCUT2D eigenvalue weighted by atomic mass is 9.85. The summed E-state index contributed by atoms with van der Waals surface area (Å²) in [6.07, 6.45) is 8.09. The van der Waals surface area contributed by atoms with Gasteiger partial charge in [0.25, 0.3) is 0 Å². The highest BCUT2D eigenvalue weighted by molar-refractivity contribution is 5.99. The minimum Gasteiger partial charge on any atom is -0.481 e. The molecule has 0 spiro atoms. The van der Waals surface area contributed by atoms with Gasteiger partial charge in [-0.25, -0.2) is 4.79 Å². The van der Waals surface area contributed by atoms with E-state index in [0.717, 1.165) is 40.1 Å². The number of allylic oxidation sites excluding steroid dienone is 2. The molecule has 0 unspecified atom stereocenters. The average Bonchev–Trinajstić information content (AvgIpc) is 3.67. The lowest BCUT2D eigenvalue weighted by molar-refractivity contribution is -0.137. The number of rotatable bonds is 9. The number of fused-ring (bicyclic) bond motifs is 8. The van der Waals surface area contributed by atoms with E-state index in [1.165, 1.54) is 0 Å². The first-order chi connectivity index (χ1) is 21.4. The Morgan fingerprint density at radius 3 is 2.20 bits per heavy atom. The minimum absolute atomic E-state index is 0.0785. The highest BCUT2D eigenvalue weighted by Crippen LogP contribution is 2.42. The molecule has 3 aromatic heterocycles. The van der Waals surface area contributed by atoms with Crippen LogP contribution in [0.2, 0.25) is 0 Å². The van der Waals surface area contributed by atoms with Gasteiger partial charge in [0, 0.05) is 68.8 Å². The quantitative estimate of drug-likeness (QED) is 0.177. The van der Waals surface area contributed by atoms with Crippen LogP contribution in [0.1, 0.15) is 98.9 Å². The summed E-state index contributed by atoms with van der Waals surface area (Å²) in [5.41, 5.74) is 6.74. The number of carbonyl (C=O) groups is 4. The van der Waals surface area contributed by atoms with Gasteiger partial charge in [0.2, 0.25) is 0 Å². The lowest BCUT2D eigenvalue weighted by Crippen LogP contribution is -2.16. The summed E-state index contributed by atoms with van der Waals surface area (Å²) < 4.78 is 0. The number of carboxylic acid groups (broad SMARTS) is 3. The number of aromatic amines is 3. The fourth-order valence-corrected chi connectivity index (χ4v) is 6.66. The van der Waals surface area contributed by atoms with Crippen molar-refractivity contribution in [3.8, 4) is 0 Å². The van der Waals surface area contributed by atoms with Gasteiger partial charge in [-0.3, -0.25) is 14.4 Å². The Kier molecular flexibility index (Phi) is 8.29. The maximum Gasteiger partial charge on any atom is 0.338 e. The molecule has 2 aliphatic rings. The summed E-state index contributed by atoms with van der Waals surface area (Å²) in [4.78, 5) is 59.0. The summed E-state index contributed by atoms with van der Waals surface area (Å²) in [5, 5.41) is 34.5. The van der Waals surface area contributed by atoms with Crippen LogP contribution in [0.5, 0.6) is 0 Å². The third-order valence-electron chi connectivity index (χ3n) is 9.00. The number of carboxylic acids is 3. The lowest BCUT2D eigenvalue weighted by Gasteiger charge is -2.18. The van der Waals surface area contributed by atoms with Crippen LogP contribution in [0.4, 0.5) is 0 Å². The van der Waals surface area contributed by atoms with Crippen LogP contribution in [-0.4, -0.2) is 54.5 Å². The smallest absolute Gasteiger partial charge is 0.338 e. The number of hydrogen-bond donors (Lipinski definition) is 7. The first-order valence-corrected chi connectivity index (χ1v) is 14.8. The van der Waals surface area contributed by atoms with E-state index in [2.05, 4.69) is 26.8 Å². The molecular weight excluding hydrogens is 576 g/mol. The Balaban J connectivity index is 1.96. The fraction of sp³-hybridized carbons (Fsp3) is 0.294. The first kappa shape index (κ1) is 31.1. The Bertz CT molecular complexity index is 1960. The maximum absolute atomic E-state index is 12.7. The third kappa shape index (κ3) is 5.45. The van der Waals surface area contributed by atoms with Gasteiger partial charge in [-0.1, -0.05) is 26.5 Å². The van der Waals surface area contributed by atoms with E-state index in [1.807, 2.05) is 32.9 Å². The van der Waals surface area contributed by atoms with Crippen LogP contribution < -0.4 is 16.0 Å². The van der Waals surface area contributed by atoms with Crippen LogP contribution in [0, 0.1) is 25.7 Å². The topological polar surface area (TPSA) is 188 Å². The van der Waals surface area contributed by atoms with Gasteiger partial charge in [0.05, 0.1) is 23.0 Å². The van der Waals surface area contributed by atoms with Crippen molar-refractivity contribution < 1.29 is 34.5 Å². The molecule has 234 valence electrons. The van der Waals surface area contributed by atoms with Crippen molar-refractivity contribution in [1.29, 1.82) is 0 Å². The number of aromatic nitrogens is 3. The molecule has 3 aromatic rings. The van der Waals surface area contributed by atoms with E-state index in [0.29, 0.717) is 39.6 Å². The van der Waals surface area contributed by atoms with E-state index >= 15 is 0 Å². The summed E-state index contributed by atoms with van der Waals surface area (Å²) in [6, 6.07) is 0. The Morgan fingerprint density at radius 2 is 1.60 bits per heavy atom. The molecule has 0 aromatic carbocycles. The van der Waals surface area contributed by atoms with Gasteiger partial charge >= 0.3 is 17.9 Å². The monoisotopic (exact) mass is 612 g/mol. The van der Waals surface area contributed by atoms with Crippen LogP contribution in [0.25, 0.3) is 29.9 Å². The SMILES string of the molecule is C=Cc1c2[nH]c(c1C)C=C1NC(=C(CC(=O)O)c3[nH]c(c(C)c3C(=O)O)C=c3[nH]c(c(C=O)c3CC)=C2)[C@@H](CCC(=O)O)[C@@H]1C. The highest BCUT2D eigenvalue weighted by atomic mass is 16.4. The van der Waals surface area contributed by atoms with Gasteiger partial charge in [0.15, 0.2) is 6.29 Å². The second kappa shape index (κ2) is 12.0. The number of nitrogens with one attached hydrogen (secondary N) is 4. The normalized spacial score (nSPS) is 17.2. The molecule has 0 radical (unpaired) electrons. The van der Waals surface area contributed by atoms with Crippen molar-refractivity contribution in [2.24, 2.45) is 11.8 Å². The number of aromatic carboxylic acids is 1. The third-order valence-corrected chi connectivity index (χ3v) is 9.00. The number of hydrogen-bond acceptors (Lipinski definition) is 5. The van der Waals surface area contributed by atoms with Crippen LogP contribution in [-0.2, 0) is 16.0 Å². The zero-order chi connectivity index (χ0) is 32.7. The summed E-state index contributed by atoms with van der Waals surface area (Å²) in [5.74, 6) is -4.07. The zero-order valence-electron chi connectivity index (χ0n) is 25.6. The van der Waals surface area contributed by atoms with Crippen molar-refractivity contribution in [2.75, 3.05) is 0 Å². The molecule has 2 atom stereocenters. The Morgan fingerprint density at radius 1 is 0.911 bits per heavy atom. The van der Waals surface area contributed by atoms with E-state index in [9.17, 15) is 34.5 Å². The van der Waals surface area contributed by atoms with E-state index in [1.54, 1.807) is 19.1 Å². The van der Waals surface area contributed by atoms with Crippen molar-refractivity contribution >= 4 is 54.1 Å². The molecule has 0 aliphatic carbocycles. The molecule has 0 saturated carbocycles. The van der Waals surface area contributed by atoms with E-state index < -0.39 is 30.2 Å². The van der Waals surface area contributed by atoms with Crippen molar-refractivity contribution in [3.63, 3.8) is 0 Å². The zero-order valence-corrected chi connectivity index (χ0v) is 25.6. The molecule has 0 amide bonds. The van der Waals surface area contributed by atoms with Gasteiger partial charge in [-0.15, -0.1) is 0 Å². The van der Waals surface area contributed by atoms with Crippen LogP contribution in [0.3, 0.4) is 0 Å². The number of aldehydes is 1. The van der Waals surface area contributed by atoms with Crippen molar-refractivity contribution in [3.05, 3.63) is 84.8 Å². The molecule has 8 bridgehead atoms. The minimum atomic E-state index is -1.24. The molecule has 11 nitrogen and oxygen atoms in total. The van der Waals surface area contributed by atoms with Crippen LogP contribution in [0.15, 0.2) is 18.0 Å². The molecule has 1 fully saturated rings. The van der Waals surface area contributed by atoms with E-state index in [-0.39, 0.29) is 35.6 Å². The van der Waals surface area contributed by atoms with Crippen molar-refractivity contribution in [1.82, 2.24) is 20.3 Å².